The molecular formula is C13H16N4OS. The molecule has 1 N–H and O–H groups in total. The Morgan fingerprint density at radius 2 is 2.42 bits per heavy atom. The van der Waals surface area contributed by atoms with Gasteiger partial charge in [-0.15, -0.1) is 21.5 Å². The number of amides is 1. The summed E-state index contributed by atoms with van der Waals surface area (Å²) in [5, 5.41) is 12.9. The molecule has 0 aromatic carbocycles. The van der Waals surface area contributed by atoms with Crippen LogP contribution in [0.4, 0.5) is 0 Å². The predicted octanol–water partition coefficient (Wildman–Crippen LogP) is 2.17. The van der Waals surface area contributed by atoms with Crippen molar-refractivity contribution in [1.29, 1.82) is 0 Å². The number of aromatic nitrogens is 3. The van der Waals surface area contributed by atoms with Crippen LogP contribution in [0, 0.1) is 0 Å². The first-order valence-corrected chi connectivity index (χ1v) is 7.40. The fourth-order valence-corrected chi connectivity index (χ4v) is 3.02. The lowest BCUT2D eigenvalue weighted by Gasteiger charge is -2.06. The summed E-state index contributed by atoms with van der Waals surface area (Å²) >= 11 is 1.49. The van der Waals surface area contributed by atoms with Crippen molar-refractivity contribution in [3.63, 3.8) is 0 Å². The van der Waals surface area contributed by atoms with E-state index in [-0.39, 0.29) is 5.91 Å². The number of nitrogens with zero attached hydrogens (tertiary/aromatic N) is 3. The van der Waals surface area contributed by atoms with E-state index in [9.17, 15) is 4.79 Å². The second-order valence-electron chi connectivity index (χ2n) is 4.70. The van der Waals surface area contributed by atoms with E-state index in [0.29, 0.717) is 12.6 Å². The molecule has 3 rings (SSSR count). The molecule has 2 aromatic rings. The maximum Gasteiger partial charge on any atom is 0.262 e. The fourth-order valence-electron chi connectivity index (χ4n) is 2.10. The van der Waals surface area contributed by atoms with E-state index in [1.54, 1.807) is 6.33 Å². The Kier molecular flexibility index (Phi) is 3.33. The summed E-state index contributed by atoms with van der Waals surface area (Å²) in [6.45, 7) is 2.50. The predicted molar refractivity (Wildman–Crippen MR) is 73.2 cm³/mol. The zero-order chi connectivity index (χ0) is 13.2. The van der Waals surface area contributed by atoms with Gasteiger partial charge in [0.15, 0.2) is 5.82 Å². The van der Waals surface area contributed by atoms with E-state index in [1.807, 2.05) is 11.4 Å². The Balaban J connectivity index is 1.65. The quantitative estimate of drug-likeness (QED) is 0.910. The number of rotatable bonds is 5. The third-order valence-electron chi connectivity index (χ3n) is 3.33. The van der Waals surface area contributed by atoms with Crippen molar-refractivity contribution in [1.82, 2.24) is 20.1 Å². The molecule has 0 bridgehead atoms. The van der Waals surface area contributed by atoms with Crippen LogP contribution in [-0.4, -0.2) is 20.7 Å². The van der Waals surface area contributed by atoms with Crippen LogP contribution in [0.15, 0.2) is 17.8 Å². The Morgan fingerprint density at radius 1 is 1.58 bits per heavy atom. The van der Waals surface area contributed by atoms with Gasteiger partial charge in [-0.05, 0) is 36.3 Å². The Bertz CT molecular complexity index is 585. The van der Waals surface area contributed by atoms with Gasteiger partial charge in [-0.3, -0.25) is 4.79 Å². The minimum atomic E-state index is -0.0165. The third-order valence-corrected chi connectivity index (χ3v) is 4.28. The molecule has 19 heavy (non-hydrogen) atoms. The number of nitrogens with one attached hydrogen (secondary N) is 1. The molecule has 2 heterocycles. The molecule has 1 amide bonds. The molecule has 0 radical (unpaired) electrons. The second kappa shape index (κ2) is 5.13. The van der Waals surface area contributed by atoms with Gasteiger partial charge in [0.25, 0.3) is 5.91 Å². The summed E-state index contributed by atoms with van der Waals surface area (Å²) in [5.74, 6) is 0.822. The second-order valence-corrected chi connectivity index (χ2v) is 5.61. The minimum Gasteiger partial charge on any atom is -0.344 e. The van der Waals surface area contributed by atoms with Crippen molar-refractivity contribution in [3.8, 4) is 0 Å². The molecule has 100 valence electrons. The van der Waals surface area contributed by atoms with Crippen molar-refractivity contribution in [2.24, 2.45) is 0 Å². The minimum absolute atomic E-state index is 0.0165. The molecule has 1 aliphatic carbocycles. The van der Waals surface area contributed by atoms with E-state index in [2.05, 4.69) is 27.0 Å². The SMILES string of the molecule is CCc1ccsc1C(=O)NCc1nncn1C1CC1. The number of aryl methyl sites for hydroxylation is 1. The highest BCUT2D eigenvalue weighted by molar-refractivity contribution is 7.12. The van der Waals surface area contributed by atoms with E-state index < -0.39 is 0 Å². The van der Waals surface area contributed by atoms with Gasteiger partial charge in [-0.2, -0.15) is 0 Å². The molecule has 0 unspecified atom stereocenters. The van der Waals surface area contributed by atoms with Crippen LogP contribution >= 0.6 is 11.3 Å². The Morgan fingerprint density at radius 3 is 3.16 bits per heavy atom. The van der Waals surface area contributed by atoms with Gasteiger partial charge in [0.05, 0.1) is 11.4 Å². The molecule has 0 atom stereocenters. The lowest BCUT2D eigenvalue weighted by molar-refractivity contribution is 0.0952. The van der Waals surface area contributed by atoms with Crippen molar-refractivity contribution in [2.75, 3.05) is 0 Å². The highest BCUT2D eigenvalue weighted by Crippen LogP contribution is 2.35. The number of carbonyl (C=O) groups is 1. The van der Waals surface area contributed by atoms with Gasteiger partial charge < -0.3 is 9.88 Å². The van der Waals surface area contributed by atoms with Crippen LogP contribution in [0.3, 0.4) is 0 Å². The van der Waals surface area contributed by atoms with Gasteiger partial charge >= 0.3 is 0 Å². The molecule has 6 heteroatoms. The summed E-state index contributed by atoms with van der Waals surface area (Å²) in [6.07, 6.45) is 5.00. The molecule has 1 fully saturated rings. The molecule has 1 saturated carbocycles. The van der Waals surface area contributed by atoms with Gasteiger partial charge in [-0.1, -0.05) is 6.92 Å². The average Bonchev–Trinajstić information content (AvgIpc) is 2.98. The maximum atomic E-state index is 12.1. The number of hydrogen-bond donors (Lipinski definition) is 1. The summed E-state index contributed by atoms with van der Waals surface area (Å²) in [4.78, 5) is 12.9. The Hall–Kier alpha value is -1.69. The molecule has 0 saturated heterocycles. The standard InChI is InChI=1S/C13H16N4OS/c1-2-9-5-6-19-12(9)13(18)14-7-11-16-15-8-17(11)10-3-4-10/h5-6,8,10H,2-4,7H2,1H3,(H,14,18). The zero-order valence-corrected chi connectivity index (χ0v) is 11.6. The Labute approximate surface area is 115 Å². The number of hydrogen-bond acceptors (Lipinski definition) is 4. The largest absolute Gasteiger partial charge is 0.344 e. The van der Waals surface area contributed by atoms with E-state index >= 15 is 0 Å². The summed E-state index contributed by atoms with van der Waals surface area (Å²) in [5.41, 5.74) is 1.10. The van der Waals surface area contributed by atoms with Gasteiger partial charge in [0.1, 0.15) is 6.33 Å². The lowest BCUT2D eigenvalue weighted by atomic mass is 10.2. The van der Waals surface area contributed by atoms with Crippen molar-refractivity contribution in [3.05, 3.63) is 34.0 Å². The molecule has 2 aromatic heterocycles. The lowest BCUT2D eigenvalue weighted by Crippen LogP contribution is -2.24. The smallest absolute Gasteiger partial charge is 0.262 e. The van der Waals surface area contributed by atoms with E-state index in [0.717, 1.165) is 22.7 Å². The molecule has 1 aliphatic rings. The zero-order valence-electron chi connectivity index (χ0n) is 10.8. The number of carbonyl (C=O) groups excluding carboxylic acids is 1. The molecule has 0 aliphatic heterocycles. The van der Waals surface area contributed by atoms with Crippen LogP contribution in [0.25, 0.3) is 0 Å². The first-order valence-electron chi connectivity index (χ1n) is 6.52. The topological polar surface area (TPSA) is 59.8 Å². The summed E-state index contributed by atoms with van der Waals surface area (Å²) in [7, 11) is 0. The van der Waals surface area contributed by atoms with Gasteiger partial charge in [-0.25, -0.2) is 0 Å². The van der Waals surface area contributed by atoms with Gasteiger partial charge in [0, 0.05) is 6.04 Å². The van der Waals surface area contributed by atoms with E-state index in [4.69, 9.17) is 0 Å². The normalized spacial score (nSPS) is 14.6. The van der Waals surface area contributed by atoms with Crippen LogP contribution < -0.4 is 5.32 Å². The molecular weight excluding hydrogens is 260 g/mol. The summed E-state index contributed by atoms with van der Waals surface area (Å²) < 4.78 is 2.06. The fraction of sp³-hybridized carbons (Fsp3) is 0.462. The summed E-state index contributed by atoms with van der Waals surface area (Å²) in [6, 6.07) is 2.54. The van der Waals surface area contributed by atoms with Crippen LogP contribution in [0.1, 0.15) is 46.9 Å². The van der Waals surface area contributed by atoms with Gasteiger partial charge in [0.2, 0.25) is 0 Å². The monoisotopic (exact) mass is 276 g/mol. The van der Waals surface area contributed by atoms with Crippen LogP contribution in [0.2, 0.25) is 0 Å². The number of thiophene rings is 1. The average molecular weight is 276 g/mol. The first kappa shape index (κ1) is 12.3. The first-order chi connectivity index (χ1) is 9.29. The highest BCUT2D eigenvalue weighted by atomic mass is 32.1. The van der Waals surface area contributed by atoms with Crippen LogP contribution in [0.5, 0.6) is 0 Å². The van der Waals surface area contributed by atoms with E-state index in [1.165, 1.54) is 24.2 Å². The maximum absolute atomic E-state index is 12.1. The van der Waals surface area contributed by atoms with Crippen LogP contribution in [-0.2, 0) is 13.0 Å². The molecule has 5 nitrogen and oxygen atoms in total. The third kappa shape index (κ3) is 2.53. The van der Waals surface area contributed by atoms with Crippen molar-refractivity contribution < 1.29 is 4.79 Å². The van der Waals surface area contributed by atoms with Crippen molar-refractivity contribution >= 4 is 17.2 Å². The van der Waals surface area contributed by atoms with Crippen molar-refractivity contribution in [2.45, 2.75) is 38.8 Å². The molecule has 0 spiro atoms. The highest BCUT2D eigenvalue weighted by Gasteiger charge is 2.26.